The first-order valence-corrected chi connectivity index (χ1v) is 1.93. The second kappa shape index (κ2) is 1.21. The van der Waals surface area contributed by atoms with Crippen molar-refractivity contribution in [2.75, 3.05) is 6.61 Å². The van der Waals surface area contributed by atoms with Gasteiger partial charge in [0.15, 0.2) is 0 Å². The van der Waals surface area contributed by atoms with Gasteiger partial charge in [-0.25, -0.2) is 0 Å². The van der Waals surface area contributed by atoms with E-state index in [2.05, 4.69) is 11.7 Å². The Morgan fingerprint density at radius 3 is 2.33 bits per heavy atom. The maximum Gasteiger partial charge on any atom is 0.103 e. The fourth-order valence-corrected chi connectivity index (χ4v) is 0.318. The van der Waals surface area contributed by atoms with Gasteiger partial charge in [-0.3, -0.25) is 0 Å². The molecule has 0 bridgehead atoms. The molecule has 1 rings (SSSR count). The maximum atomic E-state index is 8.53. The lowest BCUT2D eigenvalue weighted by molar-refractivity contribution is -0.139. The van der Waals surface area contributed by atoms with Crippen molar-refractivity contribution < 1.29 is 9.84 Å². The Bertz CT molecular complexity index is 45.5. The van der Waals surface area contributed by atoms with Gasteiger partial charge in [-0.1, -0.05) is 0 Å². The molecule has 1 radical (unpaired) electrons. The van der Waals surface area contributed by atoms with Gasteiger partial charge in [-0.05, 0) is 6.92 Å². The van der Waals surface area contributed by atoms with E-state index in [0.29, 0.717) is 6.61 Å². The van der Waals surface area contributed by atoms with E-state index in [0.717, 1.165) is 0 Å². The van der Waals surface area contributed by atoms with Gasteiger partial charge in [0, 0.05) is 0 Å². The van der Waals surface area contributed by atoms with Crippen LogP contribution in [0, 0.1) is 6.92 Å². The summed E-state index contributed by atoms with van der Waals surface area (Å²) in [6, 6.07) is 0. The molecule has 1 fully saturated rings. The fraction of sp³-hybridized carbons (Fsp3) is 0.750. The van der Waals surface area contributed by atoms with Crippen molar-refractivity contribution in [3.63, 3.8) is 0 Å². The summed E-state index contributed by atoms with van der Waals surface area (Å²) < 4.78 is 4.68. The normalized spacial score (nSPS) is 45.0. The second-order valence-corrected chi connectivity index (χ2v) is 1.44. The predicted molar refractivity (Wildman–Crippen MR) is 21.1 cm³/mol. The molecule has 0 saturated carbocycles. The third-order valence-electron chi connectivity index (χ3n) is 0.910. The molecule has 0 aliphatic carbocycles. The van der Waals surface area contributed by atoms with E-state index in [1.54, 1.807) is 0 Å². The van der Waals surface area contributed by atoms with E-state index < -0.39 is 0 Å². The second-order valence-electron chi connectivity index (χ2n) is 1.44. The lowest BCUT2D eigenvalue weighted by Gasteiger charge is -2.28. The molecule has 6 heavy (non-hydrogen) atoms. The SMILES string of the molecule is [CH2]C1OCC1O. The standard InChI is InChI=1S/C4H7O2/c1-3-4(5)2-6-3/h3-5H,1-2H2. The van der Waals surface area contributed by atoms with Crippen LogP contribution in [0.25, 0.3) is 0 Å². The minimum absolute atomic E-state index is 0.162. The lowest BCUT2D eigenvalue weighted by atomic mass is 10.2. The molecule has 1 aliphatic rings. The van der Waals surface area contributed by atoms with Gasteiger partial charge in [0.05, 0.1) is 12.7 Å². The Morgan fingerprint density at radius 2 is 2.33 bits per heavy atom. The highest BCUT2D eigenvalue weighted by molar-refractivity contribution is 4.78. The highest BCUT2D eigenvalue weighted by Crippen LogP contribution is 2.08. The molecule has 1 aliphatic heterocycles. The van der Waals surface area contributed by atoms with Crippen molar-refractivity contribution >= 4 is 0 Å². The number of aliphatic hydroxyl groups is 1. The van der Waals surface area contributed by atoms with Gasteiger partial charge in [0.1, 0.15) is 6.10 Å². The monoisotopic (exact) mass is 87.0 g/mol. The van der Waals surface area contributed by atoms with Gasteiger partial charge in [-0.2, -0.15) is 0 Å². The van der Waals surface area contributed by atoms with Gasteiger partial charge in [0.2, 0.25) is 0 Å². The van der Waals surface area contributed by atoms with Crippen LogP contribution in [0.15, 0.2) is 0 Å². The quantitative estimate of drug-likeness (QED) is 0.435. The van der Waals surface area contributed by atoms with Crippen molar-refractivity contribution in [3.05, 3.63) is 6.92 Å². The summed E-state index contributed by atoms with van der Waals surface area (Å²) in [7, 11) is 0. The van der Waals surface area contributed by atoms with E-state index in [9.17, 15) is 0 Å². The Morgan fingerprint density at radius 1 is 1.83 bits per heavy atom. The molecule has 35 valence electrons. The molecule has 0 aromatic heterocycles. The number of hydrogen-bond donors (Lipinski definition) is 1. The highest BCUT2D eigenvalue weighted by atomic mass is 16.5. The molecule has 1 saturated heterocycles. The zero-order chi connectivity index (χ0) is 4.57. The van der Waals surface area contributed by atoms with Crippen LogP contribution in [0.3, 0.4) is 0 Å². The van der Waals surface area contributed by atoms with E-state index in [4.69, 9.17) is 5.11 Å². The average Bonchev–Trinajstić information content (AvgIpc) is 1.61. The molecule has 0 aromatic carbocycles. The molecule has 2 unspecified atom stereocenters. The van der Waals surface area contributed by atoms with Crippen LogP contribution in [0.4, 0.5) is 0 Å². The number of aliphatic hydroxyl groups excluding tert-OH is 1. The van der Waals surface area contributed by atoms with E-state index in [1.807, 2.05) is 0 Å². The lowest BCUT2D eigenvalue weighted by Crippen LogP contribution is -2.42. The van der Waals surface area contributed by atoms with Crippen molar-refractivity contribution in [3.8, 4) is 0 Å². The summed E-state index contributed by atoms with van der Waals surface area (Å²) >= 11 is 0. The number of hydrogen-bond acceptors (Lipinski definition) is 2. The molecule has 2 heteroatoms. The van der Waals surface area contributed by atoms with E-state index in [1.165, 1.54) is 0 Å². The summed E-state index contributed by atoms with van der Waals surface area (Å²) in [6.07, 6.45) is -0.463. The molecule has 0 amide bonds. The smallest absolute Gasteiger partial charge is 0.103 e. The zero-order valence-corrected chi connectivity index (χ0v) is 3.42. The summed E-state index contributed by atoms with van der Waals surface area (Å²) in [4.78, 5) is 0. The average molecular weight is 87.1 g/mol. The first kappa shape index (κ1) is 4.09. The molecule has 2 nitrogen and oxygen atoms in total. The predicted octanol–water partition coefficient (Wildman–Crippen LogP) is -0.420. The van der Waals surface area contributed by atoms with E-state index >= 15 is 0 Å². The summed E-state index contributed by atoms with van der Waals surface area (Å²) in [5.74, 6) is 0. The Balaban J connectivity index is 2.20. The van der Waals surface area contributed by atoms with Crippen LogP contribution < -0.4 is 0 Å². The Labute approximate surface area is 36.7 Å². The maximum absolute atomic E-state index is 8.53. The Kier molecular flexibility index (Phi) is 0.821. The zero-order valence-electron chi connectivity index (χ0n) is 3.42. The highest BCUT2D eigenvalue weighted by Gasteiger charge is 2.24. The van der Waals surface area contributed by atoms with Crippen LogP contribution in [0.2, 0.25) is 0 Å². The van der Waals surface area contributed by atoms with Gasteiger partial charge in [0.25, 0.3) is 0 Å². The molecule has 1 heterocycles. The molecule has 2 atom stereocenters. The summed E-state index contributed by atoms with van der Waals surface area (Å²) in [5.41, 5.74) is 0. The largest absolute Gasteiger partial charge is 0.388 e. The van der Waals surface area contributed by atoms with Crippen molar-refractivity contribution in [2.45, 2.75) is 12.2 Å². The van der Waals surface area contributed by atoms with Crippen LogP contribution in [-0.4, -0.2) is 23.9 Å². The molecule has 0 spiro atoms. The molecule has 1 N–H and O–H groups in total. The van der Waals surface area contributed by atoms with Gasteiger partial charge >= 0.3 is 0 Å². The fourth-order valence-electron chi connectivity index (χ4n) is 0.318. The van der Waals surface area contributed by atoms with Gasteiger partial charge < -0.3 is 9.84 Å². The van der Waals surface area contributed by atoms with Crippen LogP contribution in [-0.2, 0) is 4.74 Å². The molecular formula is C4H7O2. The molecule has 0 aromatic rings. The first-order valence-electron chi connectivity index (χ1n) is 1.93. The molecular weight excluding hydrogens is 80.0 g/mol. The summed E-state index contributed by atoms with van der Waals surface area (Å²) in [6.45, 7) is 3.92. The summed E-state index contributed by atoms with van der Waals surface area (Å²) in [5, 5.41) is 8.53. The van der Waals surface area contributed by atoms with Gasteiger partial charge in [-0.15, -0.1) is 0 Å². The first-order chi connectivity index (χ1) is 2.80. The third kappa shape index (κ3) is 0.420. The van der Waals surface area contributed by atoms with Crippen molar-refractivity contribution in [1.82, 2.24) is 0 Å². The minimum Gasteiger partial charge on any atom is -0.388 e. The third-order valence-corrected chi connectivity index (χ3v) is 0.910. The van der Waals surface area contributed by atoms with Crippen molar-refractivity contribution in [1.29, 1.82) is 0 Å². The van der Waals surface area contributed by atoms with E-state index in [-0.39, 0.29) is 12.2 Å². The topological polar surface area (TPSA) is 29.5 Å². The van der Waals surface area contributed by atoms with Crippen LogP contribution in [0.1, 0.15) is 0 Å². The minimum atomic E-state index is -0.301. The number of rotatable bonds is 0. The van der Waals surface area contributed by atoms with Crippen LogP contribution >= 0.6 is 0 Å². The van der Waals surface area contributed by atoms with Crippen molar-refractivity contribution in [2.24, 2.45) is 0 Å². The van der Waals surface area contributed by atoms with Crippen LogP contribution in [0.5, 0.6) is 0 Å². The Hall–Kier alpha value is -0.0800. The number of ether oxygens (including phenoxy) is 1.